The second kappa shape index (κ2) is 10.8. The zero-order valence-electron chi connectivity index (χ0n) is 25.1. The lowest BCUT2D eigenvalue weighted by molar-refractivity contribution is 1.10. The summed E-state index contributed by atoms with van der Waals surface area (Å²) < 4.78 is 2.25. The highest BCUT2D eigenvalue weighted by molar-refractivity contribution is 6.15. The van der Waals surface area contributed by atoms with Crippen molar-refractivity contribution in [2.45, 2.75) is 0 Å². The van der Waals surface area contributed by atoms with Crippen molar-refractivity contribution in [2.75, 3.05) is 0 Å². The first-order chi connectivity index (χ1) is 22.8. The fourth-order valence-corrected chi connectivity index (χ4v) is 6.71. The van der Waals surface area contributed by atoms with Crippen LogP contribution in [0.4, 0.5) is 0 Å². The number of nitrogens with zero attached hydrogens (tertiary/aromatic N) is 2. The average molecular weight is 588 g/mol. The highest BCUT2D eigenvalue weighted by atomic mass is 15.1. The zero-order valence-corrected chi connectivity index (χ0v) is 25.1. The molecule has 0 aliphatic heterocycles. The molecule has 7 aromatic carbocycles. The van der Waals surface area contributed by atoms with Gasteiger partial charge in [0.25, 0.3) is 0 Å². The fraction of sp³-hybridized carbons (Fsp3) is 0. The van der Waals surface area contributed by atoms with Crippen molar-refractivity contribution >= 4 is 32.8 Å². The van der Waals surface area contributed by atoms with Crippen molar-refractivity contribution in [2.24, 2.45) is 0 Å². The second-order valence-electron chi connectivity index (χ2n) is 11.7. The zero-order chi connectivity index (χ0) is 30.5. The van der Waals surface area contributed by atoms with Gasteiger partial charge in [-0.15, -0.1) is 0 Å². The molecule has 0 fully saturated rings. The molecule has 3 nitrogen and oxygen atoms in total. The van der Waals surface area contributed by atoms with E-state index in [0.717, 1.165) is 39.1 Å². The number of hydrogen-bond donors (Lipinski definition) is 1. The van der Waals surface area contributed by atoms with E-state index in [9.17, 15) is 0 Å². The van der Waals surface area contributed by atoms with E-state index in [-0.39, 0.29) is 0 Å². The molecule has 2 aromatic heterocycles. The van der Waals surface area contributed by atoms with Crippen LogP contribution in [0.5, 0.6) is 0 Å². The first kappa shape index (κ1) is 26.2. The van der Waals surface area contributed by atoms with Crippen LogP contribution >= 0.6 is 0 Å². The van der Waals surface area contributed by atoms with Gasteiger partial charge in [0, 0.05) is 33.1 Å². The van der Waals surface area contributed by atoms with Gasteiger partial charge in [-0.3, -0.25) is 4.57 Å². The van der Waals surface area contributed by atoms with Gasteiger partial charge in [0.15, 0.2) is 0 Å². The monoisotopic (exact) mass is 587 g/mol. The number of H-pyrrole nitrogens is 1. The molecular weight excluding hydrogens is 558 g/mol. The lowest BCUT2D eigenvalue weighted by atomic mass is 9.96. The summed E-state index contributed by atoms with van der Waals surface area (Å²) in [5.41, 5.74) is 13.8. The molecule has 0 bridgehead atoms. The predicted octanol–water partition coefficient (Wildman–Crippen LogP) is 11.3. The van der Waals surface area contributed by atoms with E-state index >= 15 is 0 Å². The number of rotatable bonds is 5. The Morgan fingerprint density at radius 2 is 1.04 bits per heavy atom. The summed E-state index contributed by atoms with van der Waals surface area (Å²) in [6.07, 6.45) is 0. The highest BCUT2D eigenvalue weighted by Crippen LogP contribution is 2.38. The largest absolute Gasteiger partial charge is 0.354 e. The molecule has 0 radical (unpaired) electrons. The molecule has 2 heterocycles. The summed E-state index contributed by atoms with van der Waals surface area (Å²) in [4.78, 5) is 8.73. The van der Waals surface area contributed by atoms with Crippen LogP contribution in [0, 0.1) is 0 Å². The molecule has 0 saturated heterocycles. The predicted molar refractivity (Wildman–Crippen MR) is 192 cm³/mol. The fourth-order valence-electron chi connectivity index (χ4n) is 6.71. The van der Waals surface area contributed by atoms with Crippen LogP contribution in [0.3, 0.4) is 0 Å². The maximum absolute atomic E-state index is 5.06. The second-order valence-corrected chi connectivity index (χ2v) is 11.7. The Hall–Kier alpha value is -6.19. The molecule has 1 N–H and O–H groups in total. The van der Waals surface area contributed by atoms with E-state index in [4.69, 9.17) is 4.98 Å². The molecule has 0 aliphatic rings. The maximum Gasteiger partial charge on any atom is 0.145 e. The van der Waals surface area contributed by atoms with E-state index in [1.54, 1.807) is 0 Å². The van der Waals surface area contributed by atoms with E-state index in [0.29, 0.717) is 0 Å². The van der Waals surface area contributed by atoms with Crippen molar-refractivity contribution in [3.8, 4) is 50.5 Å². The molecule has 216 valence electrons. The normalized spacial score (nSPS) is 11.5. The van der Waals surface area contributed by atoms with E-state index in [2.05, 4.69) is 167 Å². The molecule has 3 heteroatoms. The summed E-state index contributed by atoms with van der Waals surface area (Å²) >= 11 is 0. The molecule has 9 rings (SSSR count). The summed E-state index contributed by atoms with van der Waals surface area (Å²) in [6, 6.07) is 60.3. The van der Waals surface area contributed by atoms with Crippen molar-refractivity contribution < 1.29 is 0 Å². The van der Waals surface area contributed by atoms with E-state index in [1.807, 2.05) is 12.1 Å². The van der Waals surface area contributed by atoms with Gasteiger partial charge in [-0.25, -0.2) is 4.98 Å². The van der Waals surface area contributed by atoms with Gasteiger partial charge < -0.3 is 4.98 Å². The number of nitrogens with one attached hydrogen (secondary N) is 1. The van der Waals surface area contributed by atoms with Crippen LogP contribution in [0.15, 0.2) is 170 Å². The summed E-state index contributed by atoms with van der Waals surface area (Å²) in [7, 11) is 0. The first-order valence-electron chi connectivity index (χ1n) is 15.6. The smallest absolute Gasteiger partial charge is 0.145 e. The van der Waals surface area contributed by atoms with Crippen LogP contribution in [-0.2, 0) is 0 Å². The Balaban J connectivity index is 1.12. The Labute approximate surface area is 267 Å². The van der Waals surface area contributed by atoms with Gasteiger partial charge in [0.05, 0.1) is 11.0 Å². The topological polar surface area (TPSA) is 33.6 Å². The Bertz CT molecular complexity index is 2490. The lowest BCUT2D eigenvalue weighted by Gasteiger charge is -2.11. The Morgan fingerprint density at radius 3 is 1.83 bits per heavy atom. The van der Waals surface area contributed by atoms with Crippen LogP contribution < -0.4 is 0 Å². The SMILES string of the molecule is c1ccc(-c2ccc(-c3ccc4[nH]c5cccc(-c6ccc(-c7nc8ccccc8n7-c7ccccc7)cc6)c5c4c3)cc2)cc1. The summed E-state index contributed by atoms with van der Waals surface area (Å²) in [6.45, 7) is 0. The minimum atomic E-state index is 0.937. The number of para-hydroxylation sites is 3. The van der Waals surface area contributed by atoms with Crippen molar-refractivity contribution in [1.29, 1.82) is 0 Å². The number of fused-ring (bicyclic) bond motifs is 4. The number of benzene rings is 7. The van der Waals surface area contributed by atoms with Crippen LogP contribution in [0.25, 0.3) is 83.3 Å². The Kier molecular flexibility index (Phi) is 6.14. The molecule has 0 atom stereocenters. The minimum absolute atomic E-state index is 0.937. The van der Waals surface area contributed by atoms with Gasteiger partial charge in [-0.2, -0.15) is 0 Å². The van der Waals surface area contributed by atoms with Crippen molar-refractivity contribution in [3.63, 3.8) is 0 Å². The molecule has 0 spiro atoms. The third-order valence-electron chi connectivity index (χ3n) is 8.98. The Morgan fingerprint density at radius 1 is 0.435 bits per heavy atom. The van der Waals surface area contributed by atoms with Crippen LogP contribution in [0.2, 0.25) is 0 Å². The summed E-state index contributed by atoms with van der Waals surface area (Å²) in [5, 5.41) is 2.47. The number of imidazole rings is 1. The van der Waals surface area contributed by atoms with Gasteiger partial charge in [-0.05, 0) is 75.8 Å². The number of aromatic nitrogens is 3. The van der Waals surface area contributed by atoms with Crippen molar-refractivity contribution in [3.05, 3.63) is 170 Å². The molecule has 9 aromatic rings. The molecule has 46 heavy (non-hydrogen) atoms. The van der Waals surface area contributed by atoms with Crippen LogP contribution in [0.1, 0.15) is 0 Å². The third-order valence-corrected chi connectivity index (χ3v) is 8.98. The van der Waals surface area contributed by atoms with Gasteiger partial charge >= 0.3 is 0 Å². The lowest BCUT2D eigenvalue weighted by Crippen LogP contribution is -1.97. The van der Waals surface area contributed by atoms with Crippen LogP contribution in [-0.4, -0.2) is 14.5 Å². The quantitative estimate of drug-likeness (QED) is 0.213. The minimum Gasteiger partial charge on any atom is -0.354 e. The first-order valence-corrected chi connectivity index (χ1v) is 15.6. The highest BCUT2D eigenvalue weighted by Gasteiger charge is 2.16. The molecule has 0 saturated carbocycles. The summed E-state index contributed by atoms with van der Waals surface area (Å²) in [5.74, 6) is 0.937. The van der Waals surface area contributed by atoms with E-state index in [1.165, 1.54) is 44.2 Å². The van der Waals surface area contributed by atoms with Crippen molar-refractivity contribution in [1.82, 2.24) is 14.5 Å². The molecule has 0 aliphatic carbocycles. The molecule has 0 unspecified atom stereocenters. The van der Waals surface area contributed by atoms with Gasteiger partial charge in [0.1, 0.15) is 5.82 Å². The standard InChI is InChI=1S/C43H29N3/c1-3-10-29(11-4-1)30-18-20-31(21-19-30)34-26-27-38-37(28-34)42-36(14-9-16-40(42)44-38)32-22-24-33(25-23-32)43-45-39-15-7-8-17-41(39)46(43)35-12-5-2-6-13-35/h1-28,44H. The van der Waals surface area contributed by atoms with Gasteiger partial charge in [-0.1, -0.05) is 127 Å². The number of hydrogen-bond acceptors (Lipinski definition) is 1. The average Bonchev–Trinajstić information content (AvgIpc) is 3.71. The number of aromatic amines is 1. The van der Waals surface area contributed by atoms with E-state index < -0.39 is 0 Å². The third kappa shape index (κ3) is 4.41. The maximum atomic E-state index is 5.06. The molecule has 0 amide bonds. The molecular formula is C43H29N3. The van der Waals surface area contributed by atoms with Gasteiger partial charge in [0.2, 0.25) is 0 Å².